The lowest BCUT2D eigenvalue weighted by atomic mass is 10.1. The highest BCUT2D eigenvalue weighted by atomic mass is 16.5. The van der Waals surface area contributed by atoms with Gasteiger partial charge in [0, 0.05) is 45.0 Å². The van der Waals surface area contributed by atoms with Crippen molar-refractivity contribution in [3.8, 4) is 0 Å². The van der Waals surface area contributed by atoms with Crippen LogP contribution in [0.3, 0.4) is 0 Å². The molecule has 6 heteroatoms. The van der Waals surface area contributed by atoms with E-state index in [2.05, 4.69) is 15.2 Å². The second-order valence-corrected chi connectivity index (χ2v) is 6.87. The van der Waals surface area contributed by atoms with E-state index in [4.69, 9.17) is 4.74 Å². The number of carbonyl (C=O) groups is 1. The molecule has 6 nitrogen and oxygen atoms in total. The van der Waals surface area contributed by atoms with Crippen LogP contribution in [0.15, 0.2) is 12.4 Å². The van der Waals surface area contributed by atoms with Gasteiger partial charge < -0.3 is 14.6 Å². The van der Waals surface area contributed by atoms with Crippen molar-refractivity contribution in [1.82, 2.24) is 19.8 Å². The standard InChI is InChI=1S/C16H24N4O2/c1-19-7-5-17-15(19)9-18-16(21)14-8-12-13(22-14)4-6-20(12)10-11-2-3-11/h5,7,11-14H,2-4,6,8-10H2,1H3,(H,18,21)/t12-,13-,14+/m1/s1. The van der Waals surface area contributed by atoms with E-state index in [-0.39, 0.29) is 18.1 Å². The molecule has 1 amide bonds. The summed E-state index contributed by atoms with van der Waals surface area (Å²) >= 11 is 0. The van der Waals surface area contributed by atoms with Crippen LogP contribution in [0.4, 0.5) is 0 Å². The van der Waals surface area contributed by atoms with Gasteiger partial charge in [-0.25, -0.2) is 4.98 Å². The number of fused-ring (bicyclic) bond motifs is 1. The van der Waals surface area contributed by atoms with Crippen molar-refractivity contribution in [2.75, 3.05) is 13.1 Å². The molecule has 0 unspecified atom stereocenters. The summed E-state index contributed by atoms with van der Waals surface area (Å²) in [4.78, 5) is 19.1. The largest absolute Gasteiger partial charge is 0.363 e. The lowest BCUT2D eigenvalue weighted by molar-refractivity contribution is -0.132. The van der Waals surface area contributed by atoms with E-state index < -0.39 is 0 Å². The van der Waals surface area contributed by atoms with E-state index in [1.807, 2.05) is 17.8 Å². The summed E-state index contributed by atoms with van der Waals surface area (Å²) in [5, 5.41) is 2.96. The zero-order chi connectivity index (χ0) is 15.1. The van der Waals surface area contributed by atoms with Gasteiger partial charge in [-0.2, -0.15) is 0 Å². The van der Waals surface area contributed by atoms with Crippen LogP contribution in [0.25, 0.3) is 0 Å². The second-order valence-electron chi connectivity index (χ2n) is 6.87. The molecule has 4 rings (SSSR count). The molecule has 3 atom stereocenters. The number of ether oxygens (including phenoxy) is 1. The smallest absolute Gasteiger partial charge is 0.249 e. The Hall–Kier alpha value is -1.40. The first-order chi connectivity index (χ1) is 10.7. The quantitative estimate of drug-likeness (QED) is 0.869. The highest BCUT2D eigenvalue weighted by Crippen LogP contribution is 2.37. The molecular weight excluding hydrogens is 280 g/mol. The minimum absolute atomic E-state index is 0.00349. The third kappa shape index (κ3) is 2.77. The number of carbonyl (C=O) groups excluding carboxylic acids is 1. The van der Waals surface area contributed by atoms with Crippen LogP contribution in [0, 0.1) is 5.92 Å². The van der Waals surface area contributed by atoms with Gasteiger partial charge >= 0.3 is 0 Å². The molecule has 0 spiro atoms. The van der Waals surface area contributed by atoms with Crippen molar-refractivity contribution < 1.29 is 9.53 Å². The number of hydrogen-bond acceptors (Lipinski definition) is 4. The molecule has 2 saturated heterocycles. The number of hydrogen-bond donors (Lipinski definition) is 1. The SMILES string of the molecule is Cn1ccnc1CNC(=O)[C@@H]1C[C@@H]2[C@@H](CCN2CC2CC2)O1. The van der Waals surface area contributed by atoms with Crippen LogP contribution in [-0.4, -0.2) is 51.7 Å². The number of aromatic nitrogens is 2. The highest BCUT2D eigenvalue weighted by molar-refractivity contribution is 5.81. The first-order valence-electron chi connectivity index (χ1n) is 8.34. The van der Waals surface area contributed by atoms with Crippen molar-refractivity contribution in [1.29, 1.82) is 0 Å². The van der Waals surface area contributed by atoms with Gasteiger partial charge in [-0.15, -0.1) is 0 Å². The van der Waals surface area contributed by atoms with Gasteiger partial charge in [-0.3, -0.25) is 9.69 Å². The molecule has 2 aliphatic heterocycles. The minimum atomic E-state index is -0.294. The topological polar surface area (TPSA) is 59.4 Å². The molecule has 0 aromatic carbocycles. The molecule has 120 valence electrons. The van der Waals surface area contributed by atoms with Crippen LogP contribution < -0.4 is 5.32 Å². The fourth-order valence-corrected chi connectivity index (χ4v) is 3.71. The van der Waals surface area contributed by atoms with Gasteiger partial charge in [0.25, 0.3) is 0 Å². The number of imidazole rings is 1. The van der Waals surface area contributed by atoms with E-state index in [0.29, 0.717) is 12.6 Å². The summed E-state index contributed by atoms with van der Waals surface area (Å²) in [7, 11) is 1.93. The lowest BCUT2D eigenvalue weighted by Crippen LogP contribution is -2.37. The van der Waals surface area contributed by atoms with Crippen LogP contribution in [0.1, 0.15) is 31.5 Å². The number of nitrogens with one attached hydrogen (secondary N) is 1. The average molecular weight is 304 g/mol. The maximum atomic E-state index is 12.3. The Kier molecular flexibility index (Phi) is 3.66. The van der Waals surface area contributed by atoms with Gasteiger partial charge in [0.15, 0.2) is 0 Å². The van der Waals surface area contributed by atoms with Crippen molar-refractivity contribution in [3.05, 3.63) is 18.2 Å². The van der Waals surface area contributed by atoms with Crippen LogP contribution >= 0.6 is 0 Å². The molecule has 0 bridgehead atoms. The number of nitrogens with zero attached hydrogens (tertiary/aromatic N) is 3. The summed E-state index contributed by atoms with van der Waals surface area (Å²) in [5.74, 6) is 1.76. The summed E-state index contributed by atoms with van der Waals surface area (Å²) < 4.78 is 7.92. The van der Waals surface area contributed by atoms with Gasteiger partial charge in [0.1, 0.15) is 11.9 Å². The first-order valence-corrected chi connectivity index (χ1v) is 8.34. The normalized spacial score (nSPS) is 31.4. The zero-order valence-corrected chi connectivity index (χ0v) is 13.1. The lowest BCUT2D eigenvalue weighted by Gasteiger charge is -2.22. The Labute approximate surface area is 130 Å². The molecule has 0 radical (unpaired) electrons. The third-order valence-corrected chi connectivity index (χ3v) is 5.22. The molecule has 3 aliphatic rings. The van der Waals surface area contributed by atoms with Crippen molar-refractivity contribution in [3.63, 3.8) is 0 Å². The highest BCUT2D eigenvalue weighted by Gasteiger charge is 2.46. The predicted molar refractivity (Wildman–Crippen MR) is 81.0 cm³/mol. The van der Waals surface area contributed by atoms with E-state index >= 15 is 0 Å². The van der Waals surface area contributed by atoms with Crippen LogP contribution in [-0.2, 0) is 23.1 Å². The zero-order valence-electron chi connectivity index (χ0n) is 13.1. The summed E-state index contributed by atoms with van der Waals surface area (Å²) in [6.07, 6.45) is 8.25. The number of likely N-dealkylation sites (tertiary alicyclic amines) is 1. The van der Waals surface area contributed by atoms with E-state index in [0.717, 1.165) is 31.1 Å². The summed E-state index contributed by atoms with van der Waals surface area (Å²) in [6, 6.07) is 0.449. The van der Waals surface area contributed by atoms with Crippen molar-refractivity contribution in [2.45, 2.75) is 50.5 Å². The first kappa shape index (κ1) is 14.2. The number of amides is 1. The molecule has 1 aliphatic carbocycles. The monoisotopic (exact) mass is 304 g/mol. The minimum Gasteiger partial charge on any atom is -0.363 e. The Bertz CT molecular complexity index is 554. The average Bonchev–Trinajstić information content (AvgIpc) is 2.91. The van der Waals surface area contributed by atoms with Gasteiger partial charge in [0.05, 0.1) is 12.6 Å². The van der Waals surface area contributed by atoms with E-state index in [1.54, 1.807) is 6.20 Å². The summed E-state index contributed by atoms with van der Waals surface area (Å²) in [5.41, 5.74) is 0. The third-order valence-electron chi connectivity index (χ3n) is 5.22. The predicted octanol–water partition coefficient (Wildman–Crippen LogP) is 0.678. The molecule has 1 aromatic rings. The van der Waals surface area contributed by atoms with Crippen molar-refractivity contribution >= 4 is 5.91 Å². The van der Waals surface area contributed by atoms with Crippen LogP contribution in [0.5, 0.6) is 0 Å². The Morgan fingerprint density at radius 2 is 2.32 bits per heavy atom. The van der Waals surface area contributed by atoms with E-state index in [1.165, 1.54) is 19.4 Å². The fraction of sp³-hybridized carbons (Fsp3) is 0.750. The maximum absolute atomic E-state index is 12.3. The molecular formula is C16H24N4O2. The molecule has 3 fully saturated rings. The summed E-state index contributed by atoms with van der Waals surface area (Å²) in [6.45, 7) is 2.79. The molecule has 1 aromatic heterocycles. The maximum Gasteiger partial charge on any atom is 0.249 e. The molecule has 3 heterocycles. The Morgan fingerprint density at radius 1 is 1.45 bits per heavy atom. The van der Waals surface area contributed by atoms with Crippen molar-refractivity contribution in [2.24, 2.45) is 13.0 Å². The van der Waals surface area contributed by atoms with Gasteiger partial charge in [0.2, 0.25) is 5.91 Å². The Balaban J connectivity index is 1.30. The van der Waals surface area contributed by atoms with Gasteiger partial charge in [-0.1, -0.05) is 0 Å². The Morgan fingerprint density at radius 3 is 3.05 bits per heavy atom. The molecule has 1 saturated carbocycles. The van der Waals surface area contributed by atoms with Gasteiger partial charge in [-0.05, 0) is 25.2 Å². The fourth-order valence-electron chi connectivity index (χ4n) is 3.71. The number of aryl methyl sites for hydroxylation is 1. The van der Waals surface area contributed by atoms with Crippen LogP contribution in [0.2, 0.25) is 0 Å². The van der Waals surface area contributed by atoms with E-state index in [9.17, 15) is 4.79 Å². The number of rotatable bonds is 5. The molecule has 22 heavy (non-hydrogen) atoms. The molecule has 1 N–H and O–H groups in total. The second kappa shape index (κ2) is 5.66.